The number of sulfonamides is 1. The molecule has 0 aliphatic carbocycles. The summed E-state index contributed by atoms with van der Waals surface area (Å²) in [5.74, 6) is -1.07. The van der Waals surface area contributed by atoms with Gasteiger partial charge in [-0.1, -0.05) is 54.9 Å². The third-order valence-corrected chi connectivity index (χ3v) is 7.96. The number of anilines is 1. The van der Waals surface area contributed by atoms with E-state index in [-0.39, 0.29) is 22.8 Å². The number of nitrogens with one attached hydrogen (secondary N) is 1. The van der Waals surface area contributed by atoms with E-state index < -0.39 is 39.3 Å². The quantitative estimate of drug-likeness (QED) is 0.253. The summed E-state index contributed by atoms with van der Waals surface area (Å²) in [4.78, 5) is 38.6. The van der Waals surface area contributed by atoms with Crippen LogP contribution >= 0.6 is 11.6 Å². The Bertz CT molecular complexity index is 1420. The Morgan fingerprint density at radius 1 is 1.03 bits per heavy atom. The van der Waals surface area contributed by atoms with Crippen molar-refractivity contribution in [2.24, 2.45) is 0 Å². The van der Waals surface area contributed by atoms with Crippen LogP contribution in [0.5, 0.6) is 0 Å². The van der Waals surface area contributed by atoms with Crippen molar-refractivity contribution >= 4 is 44.8 Å². The maximum atomic E-state index is 13.8. The van der Waals surface area contributed by atoms with E-state index in [4.69, 9.17) is 11.6 Å². The SMILES string of the molecule is CCCNC(=O)[C@@H](C)N(Cc1ccc(Cl)cc1)C(=O)CN(c1cccc([N+](=O)[O-])c1)S(=O)(=O)c1ccccc1. The Labute approximate surface area is 232 Å². The van der Waals surface area contributed by atoms with Crippen LogP contribution in [0, 0.1) is 10.1 Å². The first-order valence-corrected chi connectivity index (χ1v) is 14.0. The second-order valence-electron chi connectivity index (χ2n) is 8.72. The van der Waals surface area contributed by atoms with Gasteiger partial charge in [0.2, 0.25) is 11.8 Å². The molecule has 39 heavy (non-hydrogen) atoms. The number of non-ortho nitro benzene ring substituents is 1. The maximum absolute atomic E-state index is 13.8. The summed E-state index contributed by atoms with van der Waals surface area (Å²) in [5.41, 5.74) is 0.283. The molecule has 3 aromatic rings. The molecule has 12 heteroatoms. The summed E-state index contributed by atoms with van der Waals surface area (Å²) in [7, 11) is -4.32. The van der Waals surface area contributed by atoms with Crippen molar-refractivity contribution in [3.8, 4) is 0 Å². The first kappa shape index (κ1) is 29.6. The molecule has 2 amide bonds. The Balaban J connectivity index is 2.04. The second kappa shape index (κ2) is 13.2. The van der Waals surface area contributed by atoms with Gasteiger partial charge in [0.25, 0.3) is 15.7 Å². The molecule has 0 radical (unpaired) electrons. The molecule has 0 spiro atoms. The van der Waals surface area contributed by atoms with Gasteiger partial charge in [-0.15, -0.1) is 0 Å². The van der Waals surface area contributed by atoms with Crippen molar-refractivity contribution in [1.82, 2.24) is 10.2 Å². The molecule has 0 bridgehead atoms. The first-order valence-electron chi connectivity index (χ1n) is 12.2. The van der Waals surface area contributed by atoms with Gasteiger partial charge in [0.15, 0.2) is 0 Å². The third kappa shape index (κ3) is 7.55. The van der Waals surface area contributed by atoms with Crippen LogP contribution in [-0.4, -0.2) is 49.2 Å². The second-order valence-corrected chi connectivity index (χ2v) is 11.0. The molecular weight excluding hydrogens is 544 g/mol. The van der Waals surface area contributed by atoms with Gasteiger partial charge >= 0.3 is 0 Å². The fourth-order valence-electron chi connectivity index (χ4n) is 3.78. The van der Waals surface area contributed by atoms with Crippen LogP contribution in [-0.2, 0) is 26.2 Å². The summed E-state index contributed by atoms with van der Waals surface area (Å²) in [5, 5.41) is 14.7. The fraction of sp³-hybridized carbons (Fsp3) is 0.259. The average Bonchev–Trinajstić information content (AvgIpc) is 2.94. The molecule has 10 nitrogen and oxygen atoms in total. The molecular formula is C27H29ClN4O6S. The number of hydrogen-bond donors (Lipinski definition) is 1. The normalized spacial score (nSPS) is 11.9. The van der Waals surface area contributed by atoms with Gasteiger partial charge < -0.3 is 10.2 Å². The molecule has 3 rings (SSSR count). The van der Waals surface area contributed by atoms with E-state index in [9.17, 15) is 28.1 Å². The Hall–Kier alpha value is -3.96. The molecule has 206 valence electrons. The lowest BCUT2D eigenvalue weighted by Gasteiger charge is -2.32. The van der Waals surface area contributed by atoms with Crippen LogP contribution in [0.15, 0.2) is 83.8 Å². The third-order valence-electron chi connectivity index (χ3n) is 5.92. The molecule has 1 N–H and O–H groups in total. The predicted octanol–water partition coefficient (Wildman–Crippen LogP) is 4.39. The maximum Gasteiger partial charge on any atom is 0.271 e. The van der Waals surface area contributed by atoms with Crippen molar-refractivity contribution in [3.63, 3.8) is 0 Å². The Morgan fingerprint density at radius 2 is 1.69 bits per heavy atom. The van der Waals surface area contributed by atoms with Gasteiger partial charge in [0, 0.05) is 30.2 Å². The number of nitrogens with zero attached hydrogens (tertiary/aromatic N) is 3. The van der Waals surface area contributed by atoms with Crippen molar-refractivity contribution in [2.45, 2.75) is 37.8 Å². The summed E-state index contributed by atoms with van der Waals surface area (Å²) >= 11 is 6.00. The van der Waals surface area contributed by atoms with Crippen LogP contribution in [0.4, 0.5) is 11.4 Å². The zero-order valence-corrected chi connectivity index (χ0v) is 23.1. The lowest BCUT2D eigenvalue weighted by Crippen LogP contribution is -2.51. The highest BCUT2D eigenvalue weighted by atomic mass is 35.5. The minimum absolute atomic E-state index is 0.00484. The molecule has 0 saturated heterocycles. The molecule has 0 unspecified atom stereocenters. The highest BCUT2D eigenvalue weighted by molar-refractivity contribution is 7.92. The smallest absolute Gasteiger partial charge is 0.271 e. The number of nitro benzene ring substituents is 1. The van der Waals surface area contributed by atoms with E-state index in [1.807, 2.05) is 6.92 Å². The van der Waals surface area contributed by atoms with Gasteiger partial charge in [-0.05, 0) is 49.2 Å². The van der Waals surface area contributed by atoms with Crippen molar-refractivity contribution in [2.75, 3.05) is 17.4 Å². The van der Waals surface area contributed by atoms with Crippen molar-refractivity contribution in [3.05, 3.63) is 99.6 Å². The predicted molar refractivity (Wildman–Crippen MR) is 149 cm³/mol. The number of rotatable bonds is 12. The molecule has 0 aliphatic rings. The average molecular weight is 573 g/mol. The fourth-order valence-corrected chi connectivity index (χ4v) is 5.33. The first-order chi connectivity index (χ1) is 18.5. The number of carbonyl (C=O) groups is 2. The lowest BCUT2D eigenvalue weighted by atomic mass is 10.1. The summed E-state index contributed by atoms with van der Waals surface area (Å²) in [6.45, 7) is 3.17. The largest absolute Gasteiger partial charge is 0.354 e. The van der Waals surface area contributed by atoms with E-state index >= 15 is 0 Å². The van der Waals surface area contributed by atoms with Crippen LogP contribution in [0.3, 0.4) is 0 Å². The highest BCUT2D eigenvalue weighted by Crippen LogP contribution is 2.27. The van der Waals surface area contributed by atoms with Crippen molar-refractivity contribution in [1.29, 1.82) is 0 Å². The van der Waals surface area contributed by atoms with Gasteiger partial charge in [-0.3, -0.25) is 24.0 Å². The number of amides is 2. The van der Waals surface area contributed by atoms with E-state index in [0.717, 1.165) is 10.4 Å². The standard InChI is InChI=1S/C27H29ClN4O6S/c1-3-16-29-27(34)20(2)30(18-21-12-14-22(28)15-13-21)26(33)19-31(23-8-7-9-24(17-23)32(35)36)39(37,38)25-10-5-4-6-11-25/h4-15,17,20H,3,16,18-19H2,1-2H3,(H,29,34)/t20-/m1/s1. The molecule has 3 aromatic carbocycles. The van der Waals surface area contributed by atoms with Gasteiger partial charge in [-0.2, -0.15) is 0 Å². The number of halogens is 1. The zero-order chi connectivity index (χ0) is 28.6. The van der Waals surface area contributed by atoms with Gasteiger partial charge in [0.1, 0.15) is 12.6 Å². The van der Waals surface area contributed by atoms with E-state index in [0.29, 0.717) is 23.6 Å². The number of benzene rings is 3. The minimum atomic E-state index is -4.32. The summed E-state index contributed by atoms with van der Waals surface area (Å²) in [6.07, 6.45) is 0.694. The van der Waals surface area contributed by atoms with Crippen LogP contribution in [0.1, 0.15) is 25.8 Å². The van der Waals surface area contributed by atoms with Gasteiger partial charge in [-0.25, -0.2) is 8.42 Å². The zero-order valence-electron chi connectivity index (χ0n) is 21.5. The molecule has 0 fully saturated rings. The Morgan fingerprint density at radius 3 is 2.31 bits per heavy atom. The number of hydrogen-bond acceptors (Lipinski definition) is 6. The molecule has 0 aromatic heterocycles. The van der Waals surface area contributed by atoms with Crippen LogP contribution < -0.4 is 9.62 Å². The van der Waals surface area contributed by atoms with Crippen LogP contribution in [0.25, 0.3) is 0 Å². The van der Waals surface area contributed by atoms with Gasteiger partial charge in [0.05, 0.1) is 15.5 Å². The van der Waals surface area contributed by atoms with Crippen molar-refractivity contribution < 1.29 is 22.9 Å². The van der Waals surface area contributed by atoms with E-state index in [1.54, 1.807) is 37.3 Å². The number of nitro groups is 1. The number of carbonyl (C=O) groups excluding carboxylic acids is 2. The highest BCUT2D eigenvalue weighted by Gasteiger charge is 2.33. The molecule has 0 heterocycles. The monoisotopic (exact) mass is 572 g/mol. The van der Waals surface area contributed by atoms with Crippen LogP contribution in [0.2, 0.25) is 5.02 Å². The van der Waals surface area contributed by atoms with E-state index in [1.165, 1.54) is 47.4 Å². The summed E-state index contributed by atoms with van der Waals surface area (Å²) in [6, 6.07) is 18.3. The molecule has 1 atom stereocenters. The Kier molecular flexibility index (Phi) is 10.0. The minimum Gasteiger partial charge on any atom is -0.354 e. The summed E-state index contributed by atoms with van der Waals surface area (Å²) < 4.78 is 28.2. The molecule has 0 aliphatic heterocycles. The lowest BCUT2D eigenvalue weighted by molar-refractivity contribution is -0.384. The topological polar surface area (TPSA) is 130 Å². The van der Waals surface area contributed by atoms with E-state index in [2.05, 4.69) is 5.32 Å². The molecule has 0 saturated carbocycles.